The van der Waals surface area contributed by atoms with Gasteiger partial charge in [-0.3, -0.25) is 0 Å². The summed E-state index contributed by atoms with van der Waals surface area (Å²) in [6, 6.07) is 6.99. The zero-order valence-corrected chi connectivity index (χ0v) is 12.1. The van der Waals surface area contributed by atoms with Crippen LogP contribution in [0, 0.1) is 0 Å². The van der Waals surface area contributed by atoms with Crippen molar-refractivity contribution in [2.45, 2.75) is 12.3 Å². The Hall–Kier alpha value is -1.44. The molecule has 0 saturated carbocycles. The van der Waals surface area contributed by atoms with Crippen molar-refractivity contribution in [1.82, 2.24) is 9.29 Å². The lowest BCUT2D eigenvalue weighted by Crippen LogP contribution is -2.28. The fourth-order valence-electron chi connectivity index (χ4n) is 1.61. The highest BCUT2D eigenvalue weighted by Crippen LogP contribution is 2.17. The van der Waals surface area contributed by atoms with E-state index in [1.165, 1.54) is 15.6 Å². The normalized spacial score (nSPS) is 11.9. The molecule has 0 aliphatic carbocycles. The number of benzene rings is 1. The first kappa shape index (κ1) is 14.0. The number of thiazole rings is 1. The number of hydrogen-bond acceptors (Lipinski definition) is 5. The van der Waals surface area contributed by atoms with Gasteiger partial charge in [-0.05, 0) is 11.6 Å². The molecular weight excluding hydrogens is 282 g/mol. The topological polar surface area (TPSA) is 76.3 Å². The molecule has 1 heterocycles. The van der Waals surface area contributed by atoms with Crippen LogP contribution in [0.1, 0.15) is 11.3 Å². The maximum absolute atomic E-state index is 12.2. The van der Waals surface area contributed by atoms with Crippen LogP contribution < -0.4 is 5.73 Å². The molecule has 0 bridgehead atoms. The Kier molecular flexibility index (Phi) is 4.18. The van der Waals surface area contributed by atoms with Gasteiger partial charge in [-0.25, -0.2) is 13.4 Å². The lowest BCUT2D eigenvalue weighted by atomic mass is 10.2. The molecule has 2 N–H and O–H groups in total. The Balaban J connectivity index is 2.12. The molecule has 0 spiro atoms. The number of aromatic nitrogens is 1. The van der Waals surface area contributed by atoms with Crippen LogP contribution in [0.15, 0.2) is 35.2 Å². The van der Waals surface area contributed by atoms with Gasteiger partial charge in [-0.15, -0.1) is 11.3 Å². The van der Waals surface area contributed by atoms with Crippen LogP contribution in [0.25, 0.3) is 0 Å². The minimum atomic E-state index is -3.39. The van der Waals surface area contributed by atoms with Crippen LogP contribution >= 0.6 is 11.3 Å². The predicted molar refractivity (Wildman–Crippen MR) is 77.1 cm³/mol. The fourth-order valence-corrected chi connectivity index (χ4v) is 3.37. The number of para-hydroxylation sites is 1. The van der Waals surface area contributed by atoms with Crippen molar-refractivity contribution < 1.29 is 8.42 Å². The van der Waals surface area contributed by atoms with Crippen molar-refractivity contribution in [3.63, 3.8) is 0 Å². The molecule has 0 amide bonds. The summed E-state index contributed by atoms with van der Waals surface area (Å²) in [5.74, 6) is -0.0969. The summed E-state index contributed by atoms with van der Waals surface area (Å²) in [4.78, 5) is 4.08. The molecule has 0 aliphatic rings. The summed E-state index contributed by atoms with van der Waals surface area (Å²) >= 11 is 1.45. The Morgan fingerprint density at radius 1 is 1.37 bits per heavy atom. The minimum absolute atomic E-state index is 0.0969. The lowest BCUT2D eigenvalue weighted by Gasteiger charge is -2.16. The van der Waals surface area contributed by atoms with E-state index in [4.69, 9.17) is 5.73 Å². The molecule has 102 valence electrons. The summed E-state index contributed by atoms with van der Waals surface area (Å²) in [7, 11) is -1.84. The number of nitrogen functional groups attached to an aromatic ring is 1. The van der Waals surface area contributed by atoms with Gasteiger partial charge in [0.1, 0.15) is 0 Å². The van der Waals surface area contributed by atoms with Crippen LogP contribution in [-0.4, -0.2) is 24.8 Å². The van der Waals surface area contributed by atoms with E-state index in [0.717, 1.165) is 5.69 Å². The third-order valence-corrected chi connectivity index (χ3v) is 5.13. The van der Waals surface area contributed by atoms with E-state index < -0.39 is 10.0 Å². The van der Waals surface area contributed by atoms with E-state index >= 15 is 0 Å². The average Bonchev–Trinajstić information content (AvgIpc) is 2.84. The maximum Gasteiger partial charge on any atom is 0.218 e. The molecule has 2 rings (SSSR count). The van der Waals surface area contributed by atoms with E-state index in [-0.39, 0.29) is 12.3 Å². The third kappa shape index (κ3) is 3.52. The van der Waals surface area contributed by atoms with Gasteiger partial charge in [-0.2, -0.15) is 4.31 Å². The van der Waals surface area contributed by atoms with Crippen molar-refractivity contribution in [2.24, 2.45) is 0 Å². The Labute approximate surface area is 116 Å². The zero-order valence-electron chi connectivity index (χ0n) is 10.5. The number of sulfonamides is 1. The SMILES string of the molecule is CN(Cc1cscn1)S(=O)(=O)Cc1ccccc1N. The smallest absolute Gasteiger partial charge is 0.218 e. The summed E-state index contributed by atoms with van der Waals surface area (Å²) in [5.41, 5.74) is 9.31. The number of hydrogen-bond donors (Lipinski definition) is 1. The number of nitrogens with zero attached hydrogens (tertiary/aromatic N) is 2. The number of nitrogens with two attached hydrogens (primary N) is 1. The fraction of sp³-hybridized carbons (Fsp3) is 0.250. The van der Waals surface area contributed by atoms with Gasteiger partial charge in [0.15, 0.2) is 0 Å². The van der Waals surface area contributed by atoms with Gasteiger partial charge < -0.3 is 5.73 Å². The van der Waals surface area contributed by atoms with Crippen molar-refractivity contribution >= 4 is 27.0 Å². The summed E-state index contributed by atoms with van der Waals surface area (Å²) in [6.07, 6.45) is 0. The first-order chi connectivity index (χ1) is 8.99. The van der Waals surface area contributed by atoms with Crippen LogP contribution in [0.4, 0.5) is 5.69 Å². The molecule has 2 aromatic rings. The summed E-state index contributed by atoms with van der Waals surface area (Å²) in [5, 5.41) is 1.84. The molecule has 0 fully saturated rings. The van der Waals surface area contributed by atoms with Crippen molar-refractivity contribution in [2.75, 3.05) is 12.8 Å². The molecule has 1 aromatic heterocycles. The monoisotopic (exact) mass is 297 g/mol. The molecular formula is C12H15N3O2S2. The van der Waals surface area contributed by atoms with Gasteiger partial charge in [0.2, 0.25) is 10.0 Å². The average molecular weight is 297 g/mol. The second-order valence-corrected chi connectivity index (χ2v) is 6.99. The van der Waals surface area contributed by atoms with E-state index in [2.05, 4.69) is 4.98 Å². The third-order valence-electron chi connectivity index (χ3n) is 2.74. The molecule has 7 heteroatoms. The Morgan fingerprint density at radius 3 is 2.74 bits per heavy atom. The highest BCUT2D eigenvalue weighted by Gasteiger charge is 2.20. The van der Waals surface area contributed by atoms with Crippen molar-refractivity contribution in [1.29, 1.82) is 0 Å². The van der Waals surface area contributed by atoms with E-state index in [9.17, 15) is 8.42 Å². The second kappa shape index (κ2) is 5.68. The molecule has 0 aliphatic heterocycles. The highest BCUT2D eigenvalue weighted by molar-refractivity contribution is 7.88. The standard InChI is InChI=1S/C12H15N3O2S2/c1-15(6-11-7-18-9-14-11)19(16,17)8-10-4-2-3-5-12(10)13/h2-5,7,9H,6,8,13H2,1H3. The van der Waals surface area contributed by atoms with E-state index in [1.807, 2.05) is 5.38 Å². The molecule has 19 heavy (non-hydrogen) atoms. The summed E-state index contributed by atoms with van der Waals surface area (Å²) < 4.78 is 25.7. The van der Waals surface area contributed by atoms with Crippen LogP contribution in [0.3, 0.4) is 0 Å². The molecule has 0 atom stereocenters. The van der Waals surface area contributed by atoms with Crippen molar-refractivity contribution in [3.05, 3.63) is 46.4 Å². The van der Waals surface area contributed by atoms with Crippen LogP contribution in [0.2, 0.25) is 0 Å². The first-order valence-corrected chi connectivity index (χ1v) is 8.19. The molecule has 0 radical (unpaired) electrons. The Bertz CT molecular complexity index is 639. The van der Waals surface area contributed by atoms with Gasteiger partial charge in [0.05, 0.1) is 23.5 Å². The molecule has 0 unspecified atom stereocenters. The maximum atomic E-state index is 12.2. The van der Waals surface area contributed by atoms with Gasteiger partial charge in [0, 0.05) is 18.1 Å². The van der Waals surface area contributed by atoms with Gasteiger partial charge in [-0.1, -0.05) is 18.2 Å². The molecule has 0 saturated heterocycles. The van der Waals surface area contributed by atoms with Crippen LogP contribution in [-0.2, 0) is 22.3 Å². The second-order valence-electron chi connectivity index (χ2n) is 4.19. The lowest BCUT2D eigenvalue weighted by molar-refractivity contribution is 0.462. The number of rotatable bonds is 5. The summed E-state index contributed by atoms with van der Waals surface area (Å²) in [6.45, 7) is 0.276. The highest BCUT2D eigenvalue weighted by atomic mass is 32.2. The first-order valence-electron chi connectivity index (χ1n) is 5.63. The molecule has 1 aromatic carbocycles. The van der Waals surface area contributed by atoms with E-state index in [0.29, 0.717) is 11.3 Å². The zero-order chi connectivity index (χ0) is 13.9. The van der Waals surface area contributed by atoms with E-state index in [1.54, 1.807) is 36.8 Å². The van der Waals surface area contributed by atoms with Gasteiger partial charge >= 0.3 is 0 Å². The predicted octanol–water partition coefficient (Wildman–Crippen LogP) is 1.69. The molecule has 5 nitrogen and oxygen atoms in total. The minimum Gasteiger partial charge on any atom is -0.398 e. The Morgan fingerprint density at radius 2 is 2.11 bits per heavy atom. The number of anilines is 1. The quantitative estimate of drug-likeness (QED) is 0.852. The van der Waals surface area contributed by atoms with Gasteiger partial charge in [0.25, 0.3) is 0 Å². The largest absolute Gasteiger partial charge is 0.398 e. The van der Waals surface area contributed by atoms with Crippen LogP contribution in [0.5, 0.6) is 0 Å². The van der Waals surface area contributed by atoms with Crippen molar-refractivity contribution in [3.8, 4) is 0 Å².